The highest BCUT2D eigenvalue weighted by Gasteiger charge is 2.59. The van der Waals surface area contributed by atoms with Crippen molar-refractivity contribution in [1.82, 2.24) is 0 Å². The van der Waals surface area contributed by atoms with Crippen LogP contribution < -0.4 is 9.64 Å². The zero-order chi connectivity index (χ0) is 19.6. The number of carbonyl (C=O) groups is 2. The van der Waals surface area contributed by atoms with Gasteiger partial charge in [0.1, 0.15) is 5.75 Å². The van der Waals surface area contributed by atoms with E-state index in [9.17, 15) is 9.59 Å². The third kappa shape index (κ3) is 2.91. The fraction of sp³-hybridized carbons (Fsp3) is 0.333. The van der Waals surface area contributed by atoms with Crippen LogP contribution in [0.25, 0.3) is 0 Å². The second-order valence-corrected chi connectivity index (χ2v) is 6.55. The molecule has 1 heterocycles. The van der Waals surface area contributed by atoms with Crippen LogP contribution >= 0.6 is 0 Å². The predicted molar refractivity (Wildman–Crippen MR) is 101 cm³/mol. The van der Waals surface area contributed by atoms with E-state index < -0.39 is 23.4 Å². The number of hydrogen-bond acceptors (Lipinski definition) is 6. The number of fused-ring (bicyclic) bond motifs is 1. The van der Waals surface area contributed by atoms with Gasteiger partial charge < -0.3 is 19.1 Å². The topological polar surface area (TPSA) is 65.1 Å². The Bertz CT molecular complexity index is 847. The third-order valence-corrected chi connectivity index (χ3v) is 5.20. The molecule has 0 amide bonds. The minimum absolute atomic E-state index is 0.189. The number of para-hydroxylation sites is 1. The van der Waals surface area contributed by atoms with Crippen LogP contribution in [-0.4, -0.2) is 40.3 Å². The predicted octanol–water partition coefficient (Wildman–Crippen LogP) is 2.76. The number of rotatable bonds is 4. The Kier molecular flexibility index (Phi) is 5.08. The summed E-state index contributed by atoms with van der Waals surface area (Å²) < 4.78 is 15.5. The average Bonchev–Trinajstić information content (AvgIpc) is 2.72. The number of esters is 2. The van der Waals surface area contributed by atoms with Crippen molar-refractivity contribution in [3.63, 3.8) is 0 Å². The van der Waals surface area contributed by atoms with Gasteiger partial charge in [-0.25, -0.2) is 0 Å². The molecular formula is C21H23NO5. The molecule has 0 bridgehead atoms. The fourth-order valence-electron chi connectivity index (χ4n) is 4.01. The summed E-state index contributed by atoms with van der Waals surface area (Å²) in [4.78, 5) is 27.9. The Balaban J connectivity index is 2.29. The van der Waals surface area contributed by atoms with Crippen LogP contribution in [0.2, 0.25) is 0 Å². The number of nitrogens with zero attached hydrogens (tertiary/aromatic N) is 1. The molecule has 1 unspecified atom stereocenters. The lowest BCUT2D eigenvalue weighted by atomic mass is 9.69. The monoisotopic (exact) mass is 369 g/mol. The number of hydrogen-bond donors (Lipinski definition) is 0. The largest absolute Gasteiger partial charge is 0.497 e. The maximum Gasteiger partial charge on any atom is 0.326 e. The van der Waals surface area contributed by atoms with Crippen LogP contribution in [0, 0.1) is 5.41 Å². The zero-order valence-electron chi connectivity index (χ0n) is 15.9. The molecule has 0 spiro atoms. The van der Waals surface area contributed by atoms with Crippen molar-refractivity contribution in [2.75, 3.05) is 33.3 Å². The normalized spacial score (nSPS) is 17.6. The maximum absolute atomic E-state index is 13.0. The highest BCUT2D eigenvalue weighted by Crippen LogP contribution is 2.50. The summed E-state index contributed by atoms with van der Waals surface area (Å²) in [5, 5.41) is 0. The average molecular weight is 369 g/mol. The highest BCUT2D eigenvalue weighted by molar-refractivity contribution is 6.03. The summed E-state index contributed by atoms with van der Waals surface area (Å²) in [6.45, 7) is 0. The van der Waals surface area contributed by atoms with Gasteiger partial charge in [0, 0.05) is 19.2 Å². The van der Waals surface area contributed by atoms with Crippen molar-refractivity contribution in [1.29, 1.82) is 0 Å². The molecule has 142 valence electrons. The van der Waals surface area contributed by atoms with Crippen LogP contribution in [0.15, 0.2) is 48.5 Å². The molecule has 0 N–H and O–H groups in total. The van der Waals surface area contributed by atoms with Gasteiger partial charge in [0.25, 0.3) is 0 Å². The Hall–Kier alpha value is -3.02. The first-order valence-electron chi connectivity index (χ1n) is 8.61. The lowest BCUT2D eigenvalue weighted by molar-refractivity contribution is -0.171. The molecule has 6 nitrogen and oxygen atoms in total. The van der Waals surface area contributed by atoms with Gasteiger partial charge in [0.05, 0.1) is 27.4 Å². The van der Waals surface area contributed by atoms with Crippen molar-refractivity contribution < 1.29 is 23.8 Å². The van der Waals surface area contributed by atoms with Gasteiger partial charge in [-0.3, -0.25) is 9.59 Å². The van der Waals surface area contributed by atoms with Crippen molar-refractivity contribution in [2.45, 2.75) is 12.5 Å². The van der Waals surface area contributed by atoms with E-state index in [1.807, 2.05) is 60.5 Å². The molecule has 0 saturated heterocycles. The van der Waals surface area contributed by atoms with E-state index in [-0.39, 0.29) is 6.42 Å². The smallest absolute Gasteiger partial charge is 0.326 e. The lowest BCUT2D eigenvalue weighted by Crippen LogP contribution is -2.55. The van der Waals surface area contributed by atoms with Crippen molar-refractivity contribution >= 4 is 17.6 Å². The number of carbonyl (C=O) groups excluding carboxylic acids is 2. The maximum atomic E-state index is 13.0. The number of anilines is 1. The van der Waals surface area contributed by atoms with E-state index in [1.165, 1.54) is 14.2 Å². The molecule has 27 heavy (non-hydrogen) atoms. The second-order valence-electron chi connectivity index (χ2n) is 6.55. The molecule has 0 radical (unpaired) electrons. The molecular weight excluding hydrogens is 346 g/mol. The minimum Gasteiger partial charge on any atom is -0.497 e. The Labute approximate surface area is 158 Å². The third-order valence-electron chi connectivity index (χ3n) is 5.20. The molecule has 6 heteroatoms. The molecule has 3 rings (SSSR count). The first-order chi connectivity index (χ1) is 13.0. The van der Waals surface area contributed by atoms with Gasteiger partial charge in [-0.2, -0.15) is 0 Å². The summed E-state index contributed by atoms with van der Waals surface area (Å²) in [5.41, 5.74) is 1.07. The van der Waals surface area contributed by atoms with Crippen LogP contribution in [0.3, 0.4) is 0 Å². The number of methoxy groups -OCH3 is 3. The van der Waals surface area contributed by atoms with Crippen LogP contribution in [0.4, 0.5) is 5.69 Å². The van der Waals surface area contributed by atoms with E-state index in [1.54, 1.807) is 7.11 Å². The van der Waals surface area contributed by atoms with Gasteiger partial charge in [0.15, 0.2) is 5.41 Å². The van der Waals surface area contributed by atoms with E-state index in [2.05, 4.69) is 0 Å². The van der Waals surface area contributed by atoms with Crippen LogP contribution in [-0.2, 0) is 25.5 Å². The molecule has 2 aromatic rings. The molecule has 1 aliphatic rings. The van der Waals surface area contributed by atoms with Gasteiger partial charge in [-0.1, -0.05) is 30.3 Å². The van der Waals surface area contributed by atoms with Crippen molar-refractivity contribution in [2.24, 2.45) is 5.41 Å². The van der Waals surface area contributed by atoms with Gasteiger partial charge in [-0.15, -0.1) is 0 Å². The second kappa shape index (κ2) is 7.31. The highest BCUT2D eigenvalue weighted by atomic mass is 16.5. The standard InChI is InChI=1S/C21H23NO5/c1-22-17-11-6-5-8-15(17)13-21(19(23)26-3,20(24)27-4)18(22)14-9-7-10-16(12-14)25-2/h5-12,18H,13H2,1-4H3. The summed E-state index contributed by atoms with van der Waals surface area (Å²) in [5.74, 6) is -0.601. The molecule has 0 saturated carbocycles. The SMILES string of the molecule is COC(=O)C1(C(=O)OC)Cc2ccccc2N(C)C1c1cccc(OC)c1. The van der Waals surface area contributed by atoms with Gasteiger partial charge in [-0.05, 0) is 29.3 Å². The van der Waals surface area contributed by atoms with Gasteiger partial charge in [0.2, 0.25) is 0 Å². The Morgan fingerprint density at radius 2 is 1.67 bits per heavy atom. The van der Waals surface area contributed by atoms with Crippen molar-refractivity contribution in [3.05, 3.63) is 59.7 Å². The van der Waals surface area contributed by atoms with E-state index in [0.29, 0.717) is 5.75 Å². The summed E-state index contributed by atoms with van der Waals surface area (Å²) in [6, 6.07) is 14.4. The molecule has 0 aromatic heterocycles. The number of benzene rings is 2. The number of ether oxygens (including phenoxy) is 3. The first-order valence-corrected chi connectivity index (χ1v) is 8.61. The molecule has 0 aliphatic carbocycles. The first kappa shape index (κ1) is 18.8. The summed E-state index contributed by atoms with van der Waals surface area (Å²) in [6.07, 6.45) is 0.189. The summed E-state index contributed by atoms with van der Waals surface area (Å²) in [7, 11) is 6.02. The van der Waals surface area contributed by atoms with Crippen LogP contribution in [0.5, 0.6) is 5.75 Å². The molecule has 1 aliphatic heterocycles. The quantitative estimate of drug-likeness (QED) is 0.610. The molecule has 2 aromatic carbocycles. The van der Waals surface area contributed by atoms with Crippen molar-refractivity contribution in [3.8, 4) is 5.75 Å². The zero-order valence-corrected chi connectivity index (χ0v) is 15.9. The van der Waals surface area contributed by atoms with E-state index in [4.69, 9.17) is 14.2 Å². The Morgan fingerprint density at radius 1 is 1.00 bits per heavy atom. The summed E-state index contributed by atoms with van der Waals surface area (Å²) >= 11 is 0. The molecule has 1 atom stereocenters. The van der Waals surface area contributed by atoms with Crippen LogP contribution in [0.1, 0.15) is 17.2 Å². The van der Waals surface area contributed by atoms with Gasteiger partial charge >= 0.3 is 11.9 Å². The lowest BCUT2D eigenvalue weighted by Gasteiger charge is -2.46. The minimum atomic E-state index is -1.53. The molecule has 0 fully saturated rings. The fourth-order valence-corrected chi connectivity index (χ4v) is 4.01. The van der Waals surface area contributed by atoms with E-state index in [0.717, 1.165) is 16.8 Å². The van der Waals surface area contributed by atoms with E-state index >= 15 is 0 Å². The Morgan fingerprint density at radius 3 is 2.30 bits per heavy atom.